The van der Waals surface area contributed by atoms with Crippen LogP contribution in [0.4, 0.5) is 5.69 Å². The number of anilines is 1. The molecule has 3 nitrogen and oxygen atoms in total. The molecule has 2 atom stereocenters. The van der Waals surface area contributed by atoms with Gasteiger partial charge in [0.2, 0.25) is 0 Å². The zero-order chi connectivity index (χ0) is 15.5. The molecule has 21 heavy (non-hydrogen) atoms. The summed E-state index contributed by atoms with van der Waals surface area (Å²) < 4.78 is 6.37. The van der Waals surface area contributed by atoms with E-state index >= 15 is 0 Å². The lowest BCUT2D eigenvalue weighted by molar-refractivity contribution is -0.151. The van der Waals surface area contributed by atoms with Gasteiger partial charge in [0.1, 0.15) is 5.54 Å². The Hall–Kier alpha value is -1.03. The van der Waals surface area contributed by atoms with E-state index in [1.54, 1.807) is 0 Å². The van der Waals surface area contributed by atoms with Crippen molar-refractivity contribution in [3.8, 4) is 0 Å². The van der Waals surface area contributed by atoms with E-state index in [4.69, 9.17) is 4.74 Å². The fourth-order valence-electron chi connectivity index (χ4n) is 3.56. The van der Waals surface area contributed by atoms with Crippen molar-refractivity contribution in [2.45, 2.75) is 45.6 Å². The molecule has 0 aromatic heterocycles. The molecule has 0 spiro atoms. The maximum Gasteiger partial charge on any atom is 0.331 e. The largest absolute Gasteiger partial charge is 0.464 e. The SMILES string of the molecule is CCOC(=O)C1(Nc2cccc(Br)c2)CC(C)CC(C)C1. The van der Waals surface area contributed by atoms with E-state index in [-0.39, 0.29) is 5.97 Å². The third-order valence-electron chi connectivity index (χ3n) is 4.07. The summed E-state index contributed by atoms with van der Waals surface area (Å²) in [6, 6.07) is 7.95. The van der Waals surface area contributed by atoms with Crippen LogP contribution in [0, 0.1) is 11.8 Å². The molecule has 0 amide bonds. The lowest BCUT2D eigenvalue weighted by Crippen LogP contribution is -2.52. The molecule has 1 aromatic carbocycles. The van der Waals surface area contributed by atoms with Crippen molar-refractivity contribution >= 4 is 27.6 Å². The maximum atomic E-state index is 12.6. The highest BCUT2D eigenvalue weighted by atomic mass is 79.9. The number of benzene rings is 1. The van der Waals surface area contributed by atoms with Crippen LogP contribution in [-0.4, -0.2) is 18.1 Å². The standard InChI is InChI=1S/C17H24BrNO2/c1-4-21-16(20)17(10-12(2)8-13(3)11-17)19-15-7-5-6-14(18)9-15/h5-7,9,12-13,19H,4,8,10-11H2,1-3H3. The molecule has 0 radical (unpaired) electrons. The first kappa shape index (κ1) is 16.3. The molecule has 1 aliphatic rings. The van der Waals surface area contributed by atoms with Crippen LogP contribution in [-0.2, 0) is 9.53 Å². The second-order valence-electron chi connectivity index (χ2n) is 6.29. The highest BCUT2D eigenvalue weighted by Crippen LogP contribution is 2.39. The molecule has 0 bridgehead atoms. The molecule has 1 N–H and O–H groups in total. The molecule has 1 aliphatic carbocycles. The zero-order valence-corrected chi connectivity index (χ0v) is 14.6. The van der Waals surface area contributed by atoms with E-state index in [1.807, 2.05) is 31.2 Å². The van der Waals surface area contributed by atoms with E-state index < -0.39 is 5.54 Å². The van der Waals surface area contributed by atoms with Gasteiger partial charge < -0.3 is 10.1 Å². The Bertz CT molecular complexity index is 493. The predicted octanol–water partition coefficient (Wildman–Crippen LogP) is 4.62. The Morgan fingerprint density at radius 1 is 1.38 bits per heavy atom. The van der Waals surface area contributed by atoms with Crippen LogP contribution >= 0.6 is 15.9 Å². The fourth-order valence-corrected chi connectivity index (χ4v) is 3.96. The van der Waals surface area contributed by atoms with Gasteiger partial charge in [-0.15, -0.1) is 0 Å². The van der Waals surface area contributed by atoms with Gasteiger partial charge in [-0.2, -0.15) is 0 Å². The first-order chi connectivity index (χ1) is 9.95. The quantitative estimate of drug-likeness (QED) is 0.802. The van der Waals surface area contributed by atoms with Crippen molar-refractivity contribution in [3.05, 3.63) is 28.7 Å². The monoisotopic (exact) mass is 353 g/mol. The Morgan fingerprint density at radius 2 is 2.05 bits per heavy atom. The molecular weight excluding hydrogens is 330 g/mol. The first-order valence-corrected chi connectivity index (χ1v) is 8.45. The van der Waals surface area contributed by atoms with Crippen molar-refractivity contribution in [3.63, 3.8) is 0 Å². The van der Waals surface area contributed by atoms with Crippen LogP contribution < -0.4 is 5.32 Å². The van der Waals surface area contributed by atoms with Gasteiger partial charge in [-0.3, -0.25) is 0 Å². The predicted molar refractivity (Wildman–Crippen MR) is 89.3 cm³/mol. The van der Waals surface area contributed by atoms with Crippen molar-refractivity contribution < 1.29 is 9.53 Å². The minimum Gasteiger partial charge on any atom is -0.464 e. The molecule has 0 saturated heterocycles. The minimum atomic E-state index is -0.603. The average Bonchev–Trinajstić information content (AvgIpc) is 2.37. The smallest absolute Gasteiger partial charge is 0.331 e. The molecule has 0 aliphatic heterocycles. The Kier molecular flexibility index (Phi) is 5.31. The van der Waals surface area contributed by atoms with Crippen LogP contribution in [0.15, 0.2) is 28.7 Å². The fraction of sp³-hybridized carbons (Fsp3) is 0.588. The van der Waals surface area contributed by atoms with Crippen LogP contribution in [0.2, 0.25) is 0 Å². The average molecular weight is 354 g/mol. The van der Waals surface area contributed by atoms with Gasteiger partial charge in [0.25, 0.3) is 0 Å². The third kappa shape index (κ3) is 4.00. The summed E-state index contributed by atoms with van der Waals surface area (Å²) >= 11 is 3.48. The van der Waals surface area contributed by atoms with E-state index in [2.05, 4.69) is 35.1 Å². The second-order valence-corrected chi connectivity index (χ2v) is 7.21. The summed E-state index contributed by atoms with van der Waals surface area (Å²) in [5.41, 5.74) is 0.354. The minimum absolute atomic E-state index is 0.122. The molecule has 1 aromatic rings. The molecule has 2 rings (SSSR count). The molecule has 116 valence electrons. The van der Waals surface area contributed by atoms with Crippen molar-refractivity contribution in [1.29, 1.82) is 0 Å². The number of ether oxygens (including phenoxy) is 1. The van der Waals surface area contributed by atoms with Gasteiger partial charge in [-0.1, -0.05) is 35.8 Å². The number of rotatable bonds is 4. The Labute approximate surface area is 135 Å². The van der Waals surface area contributed by atoms with E-state index in [0.29, 0.717) is 18.4 Å². The number of hydrogen-bond acceptors (Lipinski definition) is 3. The number of nitrogens with one attached hydrogen (secondary N) is 1. The van der Waals surface area contributed by atoms with Gasteiger partial charge in [-0.25, -0.2) is 4.79 Å². The summed E-state index contributed by atoms with van der Waals surface area (Å²) in [5.74, 6) is 0.902. The molecular formula is C17H24BrNO2. The highest BCUT2D eigenvalue weighted by Gasteiger charge is 2.45. The number of carbonyl (C=O) groups is 1. The van der Waals surface area contributed by atoms with Crippen LogP contribution in [0.1, 0.15) is 40.0 Å². The van der Waals surface area contributed by atoms with Crippen molar-refractivity contribution in [1.82, 2.24) is 0 Å². The van der Waals surface area contributed by atoms with E-state index in [1.165, 1.54) is 6.42 Å². The third-order valence-corrected chi connectivity index (χ3v) is 4.57. The molecule has 1 fully saturated rings. The molecule has 2 unspecified atom stereocenters. The zero-order valence-electron chi connectivity index (χ0n) is 13.0. The van der Waals surface area contributed by atoms with Crippen LogP contribution in [0.3, 0.4) is 0 Å². The van der Waals surface area contributed by atoms with Gasteiger partial charge in [0, 0.05) is 10.2 Å². The number of carbonyl (C=O) groups excluding carboxylic acids is 1. The number of esters is 1. The molecule has 4 heteroatoms. The van der Waals surface area contributed by atoms with Crippen LogP contribution in [0.25, 0.3) is 0 Å². The summed E-state index contributed by atoms with van der Waals surface area (Å²) in [7, 11) is 0. The molecule has 1 saturated carbocycles. The van der Waals surface area contributed by atoms with E-state index in [0.717, 1.165) is 23.0 Å². The molecule has 0 heterocycles. The summed E-state index contributed by atoms with van der Waals surface area (Å²) in [4.78, 5) is 12.6. The highest BCUT2D eigenvalue weighted by molar-refractivity contribution is 9.10. The van der Waals surface area contributed by atoms with Crippen molar-refractivity contribution in [2.75, 3.05) is 11.9 Å². The second kappa shape index (κ2) is 6.82. The number of halogens is 1. The van der Waals surface area contributed by atoms with Crippen LogP contribution in [0.5, 0.6) is 0 Å². The van der Waals surface area contributed by atoms with Gasteiger partial charge in [0.15, 0.2) is 0 Å². The van der Waals surface area contributed by atoms with Gasteiger partial charge in [-0.05, 0) is 56.2 Å². The van der Waals surface area contributed by atoms with Gasteiger partial charge in [0.05, 0.1) is 6.61 Å². The summed E-state index contributed by atoms with van der Waals surface area (Å²) in [6.45, 7) is 6.71. The summed E-state index contributed by atoms with van der Waals surface area (Å²) in [5, 5.41) is 3.48. The van der Waals surface area contributed by atoms with Gasteiger partial charge >= 0.3 is 5.97 Å². The lowest BCUT2D eigenvalue weighted by Gasteiger charge is -2.42. The number of hydrogen-bond donors (Lipinski definition) is 1. The Morgan fingerprint density at radius 3 is 2.62 bits per heavy atom. The van der Waals surface area contributed by atoms with E-state index in [9.17, 15) is 4.79 Å². The first-order valence-electron chi connectivity index (χ1n) is 7.66. The topological polar surface area (TPSA) is 38.3 Å². The maximum absolute atomic E-state index is 12.6. The normalized spacial score (nSPS) is 29.0. The lowest BCUT2D eigenvalue weighted by atomic mass is 9.71. The summed E-state index contributed by atoms with van der Waals surface area (Å²) in [6.07, 6.45) is 2.81. The Balaban J connectivity index is 2.29. The van der Waals surface area contributed by atoms with Crippen molar-refractivity contribution in [2.24, 2.45) is 11.8 Å².